The summed E-state index contributed by atoms with van der Waals surface area (Å²) in [6.07, 6.45) is 0.823. The Balaban J connectivity index is 1.97. The van der Waals surface area contributed by atoms with E-state index in [1.165, 1.54) is 0 Å². The number of nitrogens with one attached hydrogen (secondary N) is 2. The number of H-pyrrole nitrogens is 1. The van der Waals surface area contributed by atoms with Crippen molar-refractivity contribution in [2.24, 2.45) is 0 Å². The molecule has 1 atom stereocenters. The summed E-state index contributed by atoms with van der Waals surface area (Å²) in [5, 5.41) is 10.1. The Hall–Kier alpha value is -2.37. The molecule has 0 aliphatic rings. The molecule has 1 aromatic heterocycles. The number of carbonyl (C=O) groups excluding carboxylic acids is 2. The van der Waals surface area contributed by atoms with Crippen LogP contribution in [0.3, 0.4) is 0 Å². The van der Waals surface area contributed by atoms with Gasteiger partial charge in [-0.3, -0.25) is 9.89 Å². The number of nitrogens with zero attached hydrogens (tertiary/aromatic N) is 1. The van der Waals surface area contributed by atoms with Gasteiger partial charge in [0.2, 0.25) is 0 Å². The van der Waals surface area contributed by atoms with Gasteiger partial charge in [-0.25, -0.2) is 4.79 Å². The van der Waals surface area contributed by atoms with Crippen molar-refractivity contribution in [1.29, 1.82) is 0 Å². The molecule has 0 aliphatic heterocycles. The van der Waals surface area contributed by atoms with Crippen LogP contribution in [0, 0.1) is 0 Å². The number of hydrogen-bond donors (Lipinski definition) is 2. The number of benzene rings is 1. The maximum Gasteiger partial charge on any atom is 0.359 e. The van der Waals surface area contributed by atoms with E-state index in [1.54, 1.807) is 6.07 Å². The molecule has 0 saturated heterocycles. The fourth-order valence-corrected chi connectivity index (χ4v) is 1.74. The molecule has 0 aliphatic carbocycles. The van der Waals surface area contributed by atoms with Crippen LogP contribution >= 0.6 is 0 Å². The second-order valence-corrected chi connectivity index (χ2v) is 4.57. The molecule has 2 rings (SSSR count). The number of ether oxygens (including phenoxy) is 1. The third-order valence-corrected chi connectivity index (χ3v) is 3.02. The first kappa shape index (κ1) is 14.0. The Morgan fingerprint density at radius 1 is 1.40 bits per heavy atom. The van der Waals surface area contributed by atoms with E-state index in [1.807, 2.05) is 32.0 Å². The van der Waals surface area contributed by atoms with Gasteiger partial charge >= 0.3 is 5.97 Å². The first-order valence-corrected chi connectivity index (χ1v) is 6.51. The topological polar surface area (TPSA) is 84.1 Å². The van der Waals surface area contributed by atoms with Crippen LogP contribution in [-0.2, 0) is 9.53 Å². The summed E-state index contributed by atoms with van der Waals surface area (Å²) in [6, 6.07) is 7.30. The summed E-state index contributed by atoms with van der Waals surface area (Å²) >= 11 is 0. The maximum atomic E-state index is 11.9. The third-order valence-electron chi connectivity index (χ3n) is 3.02. The van der Waals surface area contributed by atoms with E-state index in [0.717, 1.165) is 11.9 Å². The highest BCUT2D eigenvalue weighted by Gasteiger charge is 2.16. The quantitative estimate of drug-likeness (QED) is 0.812. The minimum Gasteiger partial charge on any atom is -0.451 e. The van der Waals surface area contributed by atoms with Crippen molar-refractivity contribution in [3.63, 3.8) is 0 Å². The van der Waals surface area contributed by atoms with Crippen LogP contribution in [0.5, 0.6) is 0 Å². The second-order valence-electron chi connectivity index (χ2n) is 4.57. The fraction of sp³-hybridized carbons (Fsp3) is 0.357. The predicted molar refractivity (Wildman–Crippen MR) is 74.3 cm³/mol. The molecule has 1 aromatic carbocycles. The van der Waals surface area contributed by atoms with Gasteiger partial charge in [-0.2, -0.15) is 5.10 Å². The highest BCUT2D eigenvalue weighted by Crippen LogP contribution is 2.15. The average Bonchev–Trinajstić information content (AvgIpc) is 2.88. The molecule has 106 valence electrons. The lowest BCUT2D eigenvalue weighted by Crippen LogP contribution is -2.35. The molecule has 0 radical (unpaired) electrons. The first-order chi connectivity index (χ1) is 9.61. The molecule has 1 amide bonds. The standard InChI is InChI=1S/C14H17N3O3/c1-3-9(2)15-12(18)8-20-14(19)13-10-6-4-5-7-11(10)16-17-13/h4-7,9H,3,8H2,1-2H3,(H,15,18)(H,16,17)/t9-/m1/s1. The Kier molecular flexibility index (Phi) is 4.34. The predicted octanol–water partition coefficient (Wildman–Crippen LogP) is 1.63. The van der Waals surface area contributed by atoms with Crippen LogP contribution in [0.25, 0.3) is 10.9 Å². The minimum atomic E-state index is -0.609. The van der Waals surface area contributed by atoms with Crippen molar-refractivity contribution in [2.45, 2.75) is 26.3 Å². The summed E-state index contributed by atoms with van der Waals surface area (Å²) in [5.74, 6) is -0.922. The number of esters is 1. The highest BCUT2D eigenvalue weighted by atomic mass is 16.5. The molecule has 6 heteroatoms. The molecular formula is C14H17N3O3. The first-order valence-electron chi connectivity index (χ1n) is 6.51. The number of carbonyl (C=O) groups is 2. The average molecular weight is 275 g/mol. The Bertz CT molecular complexity index is 621. The molecule has 0 bridgehead atoms. The van der Waals surface area contributed by atoms with Crippen LogP contribution in [0.2, 0.25) is 0 Å². The molecule has 0 saturated carbocycles. The van der Waals surface area contributed by atoms with Gasteiger partial charge in [-0.05, 0) is 19.4 Å². The number of hydrogen-bond acceptors (Lipinski definition) is 4. The fourth-order valence-electron chi connectivity index (χ4n) is 1.74. The molecular weight excluding hydrogens is 258 g/mol. The Morgan fingerprint density at radius 3 is 2.90 bits per heavy atom. The van der Waals surface area contributed by atoms with Crippen LogP contribution in [0.15, 0.2) is 24.3 Å². The highest BCUT2D eigenvalue weighted by molar-refractivity contribution is 6.02. The molecule has 6 nitrogen and oxygen atoms in total. The van der Waals surface area contributed by atoms with Crippen molar-refractivity contribution < 1.29 is 14.3 Å². The van der Waals surface area contributed by atoms with Gasteiger partial charge in [0, 0.05) is 11.4 Å². The summed E-state index contributed by atoms with van der Waals surface area (Å²) in [6.45, 7) is 3.55. The van der Waals surface area contributed by atoms with Crippen molar-refractivity contribution in [3.05, 3.63) is 30.0 Å². The monoisotopic (exact) mass is 275 g/mol. The molecule has 0 unspecified atom stereocenters. The van der Waals surface area contributed by atoms with Gasteiger partial charge in [0.05, 0.1) is 5.52 Å². The molecule has 0 fully saturated rings. The molecule has 1 heterocycles. The maximum absolute atomic E-state index is 11.9. The van der Waals surface area contributed by atoms with Gasteiger partial charge in [-0.1, -0.05) is 25.1 Å². The number of aromatic amines is 1. The number of fused-ring (bicyclic) bond motifs is 1. The van der Waals surface area contributed by atoms with E-state index in [2.05, 4.69) is 15.5 Å². The lowest BCUT2D eigenvalue weighted by Gasteiger charge is -2.10. The second kappa shape index (κ2) is 6.18. The minimum absolute atomic E-state index is 0.0624. The van der Waals surface area contributed by atoms with Crippen molar-refractivity contribution in [1.82, 2.24) is 15.5 Å². The van der Waals surface area contributed by atoms with Gasteiger partial charge < -0.3 is 10.1 Å². The Labute approximate surface area is 116 Å². The SMILES string of the molecule is CC[C@@H](C)NC(=O)COC(=O)c1n[nH]c2ccccc12. The van der Waals surface area contributed by atoms with E-state index in [0.29, 0.717) is 5.39 Å². The van der Waals surface area contributed by atoms with Crippen molar-refractivity contribution in [3.8, 4) is 0 Å². The van der Waals surface area contributed by atoms with Crippen LogP contribution in [0.1, 0.15) is 30.8 Å². The molecule has 2 N–H and O–H groups in total. The lowest BCUT2D eigenvalue weighted by molar-refractivity contribution is -0.124. The van der Waals surface area contributed by atoms with Crippen LogP contribution in [0.4, 0.5) is 0 Å². The summed E-state index contributed by atoms with van der Waals surface area (Å²) in [4.78, 5) is 23.4. The van der Waals surface area contributed by atoms with Gasteiger partial charge in [-0.15, -0.1) is 0 Å². The summed E-state index contributed by atoms with van der Waals surface area (Å²) in [7, 11) is 0. The van der Waals surface area contributed by atoms with Crippen LogP contribution < -0.4 is 5.32 Å². The third kappa shape index (κ3) is 3.14. The van der Waals surface area contributed by atoms with E-state index in [9.17, 15) is 9.59 Å². The smallest absolute Gasteiger partial charge is 0.359 e. The lowest BCUT2D eigenvalue weighted by atomic mass is 10.2. The number of aromatic nitrogens is 2. The number of rotatable bonds is 5. The van der Waals surface area contributed by atoms with Crippen LogP contribution in [-0.4, -0.2) is 34.7 Å². The zero-order valence-electron chi connectivity index (χ0n) is 11.5. The largest absolute Gasteiger partial charge is 0.451 e. The number of amides is 1. The molecule has 20 heavy (non-hydrogen) atoms. The van der Waals surface area contributed by atoms with E-state index in [4.69, 9.17) is 4.74 Å². The van der Waals surface area contributed by atoms with Crippen molar-refractivity contribution in [2.75, 3.05) is 6.61 Å². The van der Waals surface area contributed by atoms with Gasteiger partial charge in [0.25, 0.3) is 5.91 Å². The van der Waals surface area contributed by atoms with Gasteiger partial charge in [0.15, 0.2) is 12.3 Å². The summed E-state index contributed by atoms with van der Waals surface area (Å²) < 4.78 is 4.97. The molecule has 2 aromatic rings. The van der Waals surface area contributed by atoms with E-state index >= 15 is 0 Å². The molecule has 0 spiro atoms. The van der Waals surface area contributed by atoms with Crippen molar-refractivity contribution >= 4 is 22.8 Å². The van der Waals surface area contributed by atoms with E-state index in [-0.39, 0.29) is 24.2 Å². The summed E-state index contributed by atoms with van der Waals surface area (Å²) in [5.41, 5.74) is 0.945. The normalized spacial score (nSPS) is 12.1. The Morgan fingerprint density at radius 2 is 2.15 bits per heavy atom. The van der Waals surface area contributed by atoms with Gasteiger partial charge in [0.1, 0.15) is 0 Å². The van der Waals surface area contributed by atoms with E-state index < -0.39 is 5.97 Å². The zero-order chi connectivity index (χ0) is 14.5. The number of para-hydroxylation sites is 1. The zero-order valence-corrected chi connectivity index (χ0v) is 11.5.